The number of phenolic OH excluding ortho intramolecular Hbond substituents is 1. The smallest absolute Gasteiger partial charge is 0.293 e. The second-order valence-electron chi connectivity index (χ2n) is 5.18. The number of hydrogen-bond acceptors (Lipinski definition) is 5. The van der Waals surface area contributed by atoms with Gasteiger partial charge in [0.25, 0.3) is 11.1 Å². The monoisotopic (exact) mass is 341 g/mol. The van der Waals surface area contributed by atoms with Gasteiger partial charge in [0.15, 0.2) is 11.5 Å². The number of hydrogen-bond donors (Lipinski definition) is 1. The highest BCUT2D eigenvalue weighted by Crippen LogP contribution is 2.34. The third-order valence-electron chi connectivity index (χ3n) is 3.56. The molecule has 0 aliphatic carbocycles. The minimum absolute atomic E-state index is 0.0202. The van der Waals surface area contributed by atoms with Crippen molar-refractivity contribution in [2.75, 3.05) is 7.11 Å². The molecule has 0 unspecified atom stereocenters. The molecule has 1 N–H and O–H groups in total. The number of amides is 2. The van der Waals surface area contributed by atoms with Crippen molar-refractivity contribution in [3.05, 3.63) is 64.6 Å². The first-order valence-corrected chi connectivity index (χ1v) is 8.06. The molecule has 2 aromatic rings. The maximum atomic E-state index is 12.5. The number of aromatic hydroxyl groups is 1. The minimum atomic E-state index is -0.319. The van der Waals surface area contributed by atoms with Gasteiger partial charge in [-0.3, -0.25) is 14.5 Å². The largest absolute Gasteiger partial charge is 0.504 e. The van der Waals surface area contributed by atoms with E-state index in [0.29, 0.717) is 16.2 Å². The number of carbonyl (C=O) groups is 2. The fraction of sp³-hybridized carbons (Fsp3) is 0.111. The molecule has 0 atom stereocenters. The quantitative estimate of drug-likeness (QED) is 0.860. The normalized spacial score (nSPS) is 16.0. The van der Waals surface area contributed by atoms with Gasteiger partial charge in [0.2, 0.25) is 0 Å². The number of nitrogens with zero attached hydrogens (tertiary/aromatic N) is 1. The highest BCUT2D eigenvalue weighted by Gasteiger charge is 2.34. The van der Waals surface area contributed by atoms with Gasteiger partial charge in [0.05, 0.1) is 18.6 Å². The Balaban J connectivity index is 1.83. The van der Waals surface area contributed by atoms with E-state index in [4.69, 9.17) is 4.74 Å². The van der Waals surface area contributed by atoms with E-state index in [0.717, 1.165) is 17.3 Å². The number of phenols is 1. The predicted octanol–water partition coefficient (Wildman–Crippen LogP) is 3.64. The van der Waals surface area contributed by atoms with Crippen LogP contribution in [0.25, 0.3) is 6.08 Å². The Kier molecular flexibility index (Phi) is 4.57. The molecule has 2 amide bonds. The fourth-order valence-electron chi connectivity index (χ4n) is 2.34. The van der Waals surface area contributed by atoms with Gasteiger partial charge in [-0.05, 0) is 41.1 Å². The number of thioether (sulfide) groups is 1. The highest BCUT2D eigenvalue weighted by atomic mass is 32.2. The first-order valence-electron chi connectivity index (χ1n) is 7.25. The van der Waals surface area contributed by atoms with Gasteiger partial charge in [-0.25, -0.2) is 0 Å². The molecule has 122 valence electrons. The molecular formula is C18H15NO4S. The average Bonchev–Trinajstić information content (AvgIpc) is 2.85. The van der Waals surface area contributed by atoms with Gasteiger partial charge in [-0.15, -0.1) is 0 Å². The summed E-state index contributed by atoms with van der Waals surface area (Å²) in [6.45, 7) is 0.252. The molecule has 5 nitrogen and oxygen atoms in total. The van der Waals surface area contributed by atoms with Crippen molar-refractivity contribution in [3.63, 3.8) is 0 Å². The van der Waals surface area contributed by atoms with Crippen LogP contribution in [0.2, 0.25) is 0 Å². The summed E-state index contributed by atoms with van der Waals surface area (Å²) < 4.78 is 5.05. The van der Waals surface area contributed by atoms with Crippen LogP contribution in [-0.4, -0.2) is 28.3 Å². The van der Waals surface area contributed by atoms with Crippen molar-refractivity contribution in [3.8, 4) is 11.5 Å². The number of benzene rings is 2. The van der Waals surface area contributed by atoms with Gasteiger partial charge in [0.1, 0.15) is 0 Å². The van der Waals surface area contributed by atoms with E-state index in [1.807, 2.05) is 30.3 Å². The van der Waals surface area contributed by atoms with Crippen LogP contribution < -0.4 is 4.74 Å². The molecule has 3 rings (SSSR count). The van der Waals surface area contributed by atoms with E-state index in [-0.39, 0.29) is 23.4 Å². The molecule has 0 radical (unpaired) electrons. The lowest BCUT2D eigenvalue weighted by atomic mass is 10.1. The minimum Gasteiger partial charge on any atom is -0.504 e. The zero-order valence-corrected chi connectivity index (χ0v) is 13.7. The Bertz CT molecular complexity index is 817. The Labute approximate surface area is 143 Å². The summed E-state index contributed by atoms with van der Waals surface area (Å²) in [5.74, 6) is 0.0139. The summed E-state index contributed by atoms with van der Waals surface area (Å²) in [7, 11) is 1.45. The van der Waals surface area contributed by atoms with Crippen LogP contribution in [-0.2, 0) is 11.3 Å². The molecule has 0 aromatic heterocycles. The molecule has 1 aliphatic heterocycles. The molecule has 0 saturated carbocycles. The van der Waals surface area contributed by atoms with Gasteiger partial charge in [0, 0.05) is 0 Å². The summed E-state index contributed by atoms with van der Waals surface area (Å²) in [6, 6.07) is 14.1. The first-order chi connectivity index (χ1) is 11.6. The maximum absolute atomic E-state index is 12.5. The zero-order valence-electron chi connectivity index (χ0n) is 12.9. The first kappa shape index (κ1) is 16.1. The van der Waals surface area contributed by atoms with Gasteiger partial charge >= 0.3 is 0 Å². The van der Waals surface area contributed by atoms with E-state index in [1.54, 1.807) is 18.2 Å². The number of imide groups is 1. The van der Waals surface area contributed by atoms with Crippen LogP contribution in [0.3, 0.4) is 0 Å². The molecule has 1 fully saturated rings. The van der Waals surface area contributed by atoms with Crippen LogP contribution in [0.5, 0.6) is 11.5 Å². The SMILES string of the molecule is COc1cc(C=C2SC(=O)N(Cc3ccccc3)C2=O)ccc1O. The van der Waals surface area contributed by atoms with Crippen molar-refractivity contribution in [2.45, 2.75) is 6.54 Å². The molecule has 1 heterocycles. The van der Waals surface area contributed by atoms with Crippen LogP contribution in [0.1, 0.15) is 11.1 Å². The van der Waals surface area contributed by atoms with Gasteiger partial charge in [-0.2, -0.15) is 0 Å². The summed E-state index contributed by atoms with van der Waals surface area (Å²) >= 11 is 0.909. The lowest BCUT2D eigenvalue weighted by Crippen LogP contribution is -2.27. The summed E-state index contributed by atoms with van der Waals surface area (Å²) in [5.41, 5.74) is 1.57. The number of carbonyl (C=O) groups excluding carboxylic acids is 2. The second kappa shape index (κ2) is 6.80. The number of ether oxygens (including phenoxy) is 1. The van der Waals surface area contributed by atoms with E-state index >= 15 is 0 Å². The third-order valence-corrected chi connectivity index (χ3v) is 4.47. The predicted molar refractivity (Wildman–Crippen MR) is 92.6 cm³/mol. The van der Waals surface area contributed by atoms with Gasteiger partial charge < -0.3 is 9.84 Å². The molecule has 24 heavy (non-hydrogen) atoms. The van der Waals surface area contributed by atoms with Crippen LogP contribution in [0.15, 0.2) is 53.4 Å². The Morgan fingerprint density at radius 3 is 2.62 bits per heavy atom. The van der Waals surface area contributed by atoms with Crippen LogP contribution >= 0.6 is 11.8 Å². The maximum Gasteiger partial charge on any atom is 0.293 e. The van der Waals surface area contributed by atoms with Crippen molar-refractivity contribution in [2.24, 2.45) is 0 Å². The molecular weight excluding hydrogens is 326 g/mol. The van der Waals surface area contributed by atoms with Crippen LogP contribution in [0.4, 0.5) is 4.79 Å². The number of rotatable bonds is 4. The van der Waals surface area contributed by atoms with Crippen molar-refractivity contribution in [1.29, 1.82) is 0 Å². The van der Waals surface area contributed by atoms with E-state index in [2.05, 4.69) is 0 Å². The Hall–Kier alpha value is -2.73. The number of methoxy groups -OCH3 is 1. The topological polar surface area (TPSA) is 66.8 Å². The lowest BCUT2D eigenvalue weighted by molar-refractivity contribution is -0.123. The van der Waals surface area contributed by atoms with Crippen LogP contribution in [0, 0.1) is 0 Å². The van der Waals surface area contributed by atoms with Crippen molar-refractivity contribution >= 4 is 29.0 Å². The third kappa shape index (κ3) is 3.28. The molecule has 0 spiro atoms. The van der Waals surface area contributed by atoms with Gasteiger partial charge in [-0.1, -0.05) is 36.4 Å². The molecule has 2 aromatic carbocycles. The van der Waals surface area contributed by atoms with E-state index < -0.39 is 0 Å². The standard InChI is InChI=1S/C18H15NO4S/c1-23-15-9-13(7-8-14(15)20)10-16-17(21)19(18(22)24-16)11-12-5-3-2-4-6-12/h2-10,20H,11H2,1H3. The fourth-order valence-corrected chi connectivity index (χ4v) is 3.18. The zero-order chi connectivity index (χ0) is 17.1. The van der Waals surface area contributed by atoms with E-state index in [1.165, 1.54) is 18.1 Å². The Morgan fingerprint density at radius 2 is 1.92 bits per heavy atom. The average molecular weight is 341 g/mol. The summed E-state index contributed by atoms with van der Waals surface area (Å²) in [6.07, 6.45) is 1.62. The lowest BCUT2D eigenvalue weighted by Gasteiger charge is -2.12. The summed E-state index contributed by atoms with van der Waals surface area (Å²) in [5, 5.41) is 9.32. The Morgan fingerprint density at radius 1 is 1.17 bits per heavy atom. The van der Waals surface area contributed by atoms with Crippen molar-refractivity contribution in [1.82, 2.24) is 4.90 Å². The molecule has 1 saturated heterocycles. The molecule has 1 aliphatic rings. The highest BCUT2D eigenvalue weighted by molar-refractivity contribution is 8.18. The molecule has 0 bridgehead atoms. The van der Waals surface area contributed by atoms with Crippen molar-refractivity contribution < 1.29 is 19.4 Å². The summed E-state index contributed by atoms with van der Waals surface area (Å²) in [4.78, 5) is 26.2. The second-order valence-corrected chi connectivity index (χ2v) is 6.18. The van der Waals surface area contributed by atoms with E-state index in [9.17, 15) is 14.7 Å². The molecule has 6 heteroatoms.